The molecule has 1 nitrogen and oxygen atoms in total. The highest BCUT2D eigenvalue weighted by atomic mass is 32.1. The van der Waals surface area contributed by atoms with E-state index in [0.29, 0.717) is 5.41 Å². The molecule has 1 aliphatic carbocycles. The van der Waals surface area contributed by atoms with Crippen molar-refractivity contribution in [1.82, 2.24) is 5.32 Å². The molecule has 1 aromatic heterocycles. The van der Waals surface area contributed by atoms with Crippen LogP contribution in [0.4, 0.5) is 0 Å². The highest BCUT2D eigenvalue weighted by Crippen LogP contribution is 2.43. The Labute approximate surface area is 135 Å². The Kier molecular flexibility index (Phi) is 6.31. The maximum Gasteiger partial charge on any atom is 0.00453 e. The normalized spacial score (nSPS) is 25.4. The molecule has 1 fully saturated rings. The summed E-state index contributed by atoms with van der Waals surface area (Å²) in [4.78, 5) is 1.56. The quantitative estimate of drug-likeness (QED) is 0.714. The summed E-state index contributed by atoms with van der Waals surface area (Å²) < 4.78 is 0. The van der Waals surface area contributed by atoms with Crippen molar-refractivity contribution in [3.05, 3.63) is 22.4 Å². The maximum atomic E-state index is 3.71. The van der Waals surface area contributed by atoms with Gasteiger partial charge in [0.1, 0.15) is 0 Å². The van der Waals surface area contributed by atoms with Gasteiger partial charge >= 0.3 is 0 Å². The summed E-state index contributed by atoms with van der Waals surface area (Å²) in [5.74, 6) is 2.54. The molecular weight excluding hydrogens is 274 g/mol. The number of rotatable bonds is 7. The molecule has 2 unspecified atom stereocenters. The van der Waals surface area contributed by atoms with Crippen molar-refractivity contribution in [1.29, 1.82) is 0 Å². The molecule has 1 aliphatic rings. The molecule has 21 heavy (non-hydrogen) atoms. The van der Waals surface area contributed by atoms with Crippen LogP contribution in [0.15, 0.2) is 17.5 Å². The van der Waals surface area contributed by atoms with Crippen molar-refractivity contribution in [2.75, 3.05) is 13.1 Å². The summed E-state index contributed by atoms with van der Waals surface area (Å²) in [5.41, 5.74) is 0.550. The van der Waals surface area contributed by atoms with E-state index in [2.05, 4.69) is 50.5 Å². The fourth-order valence-corrected chi connectivity index (χ4v) is 4.46. The first-order valence-electron chi connectivity index (χ1n) is 8.69. The van der Waals surface area contributed by atoms with Crippen LogP contribution in [0.5, 0.6) is 0 Å². The van der Waals surface area contributed by atoms with Crippen LogP contribution in [0, 0.1) is 23.2 Å². The summed E-state index contributed by atoms with van der Waals surface area (Å²) in [7, 11) is 0. The molecule has 0 radical (unpaired) electrons. The second-order valence-corrected chi connectivity index (χ2v) is 9.13. The van der Waals surface area contributed by atoms with Gasteiger partial charge in [0.05, 0.1) is 0 Å². The van der Waals surface area contributed by atoms with E-state index in [9.17, 15) is 0 Å². The van der Waals surface area contributed by atoms with Crippen LogP contribution in [-0.2, 0) is 6.42 Å². The first kappa shape index (κ1) is 17.0. The van der Waals surface area contributed by atoms with Crippen molar-refractivity contribution in [3.8, 4) is 0 Å². The molecule has 2 atom stereocenters. The number of aryl methyl sites for hydroxylation is 1. The molecule has 0 aromatic carbocycles. The largest absolute Gasteiger partial charge is 0.316 e. The first-order valence-corrected chi connectivity index (χ1v) is 9.57. The lowest BCUT2D eigenvalue weighted by Gasteiger charge is -2.41. The molecular formula is C19H33NS. The minimum Gasteiger partial charge on any atom is -0.316 e. The van der Waals surface area contributed by atoms with Crippen LogP contribution in [-0.4, -0.2) is 13.1 Å². The third-order valence-corrected chi connectivity index (χ3v) is 5.91. The van der Waals surface area contributed by atoms with E-state index in [0.717, 1.165) is 24.3 Å². The van der Waals surface area contributed by atoms with Crippen LogP contribution < -0.4 is 5.32 Å². The van der Waals surface area contributed by atoms with Gasteiger partial charge in [-0.3, -0.25) is 0 Å². The Hall–Kier alpha value is -0.340. The van der Waals surface area contributed by atoms with E-state index in [4.69, 9.17) is 0 Å². The van der Waals surface area contributed by atoms with E-state index in [-0.39, 0.29) is 0 Å². The molecule has 0 spiro atoms. The van der Waals surface area contributed by atoms with Gasteiger partial charge in [-0.1, -0.05) is 33.8 Å². The van der Waals surface area contributed by atoms with Crippen molar-refractivity contribution < 1.29 is 0 Å². The second-order valence-electron chi connectivity index (χ2n) is 8.10. The highest BCUT2D eigenvalue weighted by Gasteiger charge is 2.34. The van der Waals surface area contributed by atoms with Crippen LogP contribution >= 0.6 is 11.3 Å². The zero-order chi connectivity index (χ0) is 15.3. The fraction of sp³-hybridized carbons (Fsp3) is 0.789. The van der Waals surface area contributed by atoms with Crippen molar-refractivity contribution >= 4 is 11.3 Å². The summed E-state index contributed by atoms with van der Waals surface area (Å²) in [5, 5.41) is 5.92. The molecule has 2 heteroatoms. The standard InChI is InChI=1S/C19H33NS/c1-15(2)13-20-14-17-9-10-19(3,4)12-16(17)7-8-18-6-5-11-21-18/h5-6,11,15-17,20H,7-10,12-14H2,1-4H3. The minimum absolute atomic E-state index is 0.550. The van der Waals surface area contributed by atoms with Crippen molar-refractivity contribution in [3.63, 3.8) is 0 Å². The Balaban J connectivity index is 1.86. The SMILES string of the molecule is CC(C)CNCC1CCC(C)(C)CC1CCc1cccs1. The smallest absolute Gasteiger partial charge is 0.00453 e. The fourth-order valence-electron chi connectivity index (χ4n) is 3.74. The molecule has 0 bridgehead atoms. The van der Waals surface area contributed by atoms with Gasteiger partial charge in [-0.2, -0.15) is 0 Å². The van der Waals surface area contributed by atoms with Gasteiger partial charge in [0, 0.05) is 4.88 Å². The van der Waals surface area contributed by atoms with Crippen LogP contribution in [0.2, 0.25) is 0 Å². The molecule has 1 aromatic rings. The number of thiophene rings is 1. The molecule has 0 saturated heterocycles. The average Bonchev–Trinajstić information content (AvgIpc) is 2.91. The summed E-state index contributed by atoms with van der Waals surface area (Å²) in [6, 6.07) is 4.48. The third kappa shape index (κ3) is 5.75. The summed E-state index contributed by atoms with van der Waals surface area (Å²) in [6.45, 7) is 11.9. The van der Waals surface area contributed by atoms with Crippen LogP contribution in [0.3, 0.4) is 0 Å². The monoisotopic (exact) mass is 307 g/mol. The molecule has 1 heterocycles. The maximum absolute atomic E-state index is 3.71. The van der Waals surface area contributed by atoms with Crippen molar-refractivity contribution in [2.45, 2.75) is 59.8 Å². The van der Waals surface area contributed by atoms with Gasteiger partial charge in [0.15, 0.2) is 0 Å². The minimum atomic E-state index is 0.550. The molecule has 0 amide bonds. The van der Waals surface area contributed by atoms with Crippen LogP contribution in [0.25, 0.3) is 0 Å². The van der Waals surface area contributed by atoms with E-state index >= 15 is 0 Å². The molecule has 1 saturated carbocycles. The van der Waals surface area contributed by atoms with E-state index in [1.807, 2.05) is 11.3 Å². The Morgan fingerprint density at radius 1 is 1.33 bits per heavy atom. The van der Waals surface area contributed by atoms with Gasteiger partial charge in [-0.05, 0) is 79.8 Å². The predicted molar refractivity (Wildman–Crippen MR) is 95.0 cm³/mol. The lowest BCUT2D eigenvalue weighted by atomic mass is 9.66. The Morgan fingerprint density at radius 2 is 2.14 bits per heavy atom. The molecule has 120 valence electrons. The van der Waals surface area contributed by atoms with Gasteiger partial charge in [0.2, 0.25) is 0 Å². The van der Waals surface area contributed by atoms with E-state index in [1.165, 1.54) is 38.6 Å². The van der Waals surface area contributed by atoms with Crippen LogP contribution in [0.1, 0.15) is 58.3 Å². The van der Waals surface area contributed by atoms with E-state index < -0.39 is 0 Å². The predicted octanol–water partition coefficient (Wildman–Crippen LogP) is 5.37. The topological polar surface area (TPSA) is 12.0 Å². The van der Waals surface area contributed by atoms with Gasteiger partial charge in [-0.15, -0.1) is 11.3 Å². The number of hydrogen-bond acceptors (Lipinski definition) is 2. The zero-order valence-corrected chi connectivity index (χ0v) is 15.1. The Bertz CT molecular complexity index is 394. The molecule has 0 aliphatic heterocycles. The highest BCUT2D eigenvalue weighted by molar-refractivity contribution is 7.09. The van der Waals surface area contributed by atoms with Crippen molar-refractivity contribution in [2.24, 2.45) is 23.2 Å². The average molecular weight is 308 g/mol. The summed E-state index contributed by atoms with van der Waals surface area (Å²) in [6.07, 6.45) is 6.87. The lowest BCUT2D eigenvalue weighted by Crippen LogP contribution is -2.37. The number of nitrogens with one attached hydrogen (secondary N) is 1. The van der Waals surface area contributed by atoms with Gasteiger partial charge < -0.3 is 5.32 Å². The first-order chi connectivity index (χ1) is 9.96. The summed E-state index contributed by atoms with van der Waals surface area (Å²) >= 11 is 1.92. The zero-order valence-electron chi connectivity index (χ0n) is 14.3. The Morgan fingerprint density at radius 3 is 2.81 bits per heavy atom. The second kappa shape index (κ2) is 7.78. The van der Waals surface area contributed by atoms with E-state index in [1.54, 1.807) is 4.88 Å². The van der Waals surface area contributed by atoms with Gasteiger partial charge in [0.25, 0.3) is 0 Å². The van der Waals surface area contributed by atoms with Gasteiger partial charge in [-0.25, -0.2) is 0 Å². The number of hydrogen-bond donors (Lipinski definition) is 1. The molecule has 2 rings (SSSR count). The lowest BCUT2D eigenvalue weighted by molar-refractivity contribution is 0.109. The molecule has 1 N–H and O–H groups in total. The third-order valence-electron chi connectivity index (χ3n) is 4.97.